The van der Waals surface area contributed by atoms with Crippen molar-refractivity contribution in [1.82, 2.24) is 0 Å². The molecule has 0 radical (unpaired) electrons. The Hall–Kier alpha value is -2.28. The van der Waals surface area contributed by atoms with Gasteiger partial charge in [-0.25, -0.2) is 4.79 Å². The van der Waals surface area contributed by atoms with Crippen molar-refractivity contribution >= 4 is 12.3 Å². The standard InChI is InChI=1S/C15H16O4/c1-15(2,8-7-14(17)19-4)12-5-6-13(18-3)11(9-12)10-16/h5-6,9-10H,1-4H3. The highest BCUT2D eigenvalue weighted by Crippen LogP contribution is 2.27. The van der Waals surface area contributed by atoms with Crippen LogP contribution in [0.25, 0.3) is 0 Å². The third-order valence-electron chi connectivity index (χ3n) is 2.74. The fourth-order valence-electron chi connectivity index (χ4n) is 1.55. The molecular weight excluding hydrogens is 244 g/mol. The molecular formula is C15H16O4. The van der Waals surface area contributed by atoms with Gasteiger partial charge in [-0.3, -0.25) is 4.79 Å². The highest BCUT2D eigenvalue weighted by Gasteiger charge is 2.19. The number of benzene rings is 1. The SMILES string of the molecule is COC(=O)C#CC(C)(C)c1ccc(OC)c(C=O)c1. The van der Waals surface area contributed by atoms with Crippen molar-refractivity contribution in [3.63, 3.8) is 0 Å². The van der Waals surface area contributed by atoms with E-state index in [2.05, 4.69) is 16.6 Å². The third kappa shape index (κ3) is 3.59. The van der Waals surface area contributed by atoms with Crippen LogP contribution >= 0.6 is 0 Å². The van der Waals surface area contributed by atoms with Crippen LogP contribution in [0.4, 0.5) is 0 Å². The Morgan fingerprint density at radius 1 is 1.32 bits per heavy atom. The van der Waals surface area contributed by atoms with Gasteiger partial charge in [-0.2, -0.15) is 0 Å². The fraction of sp³-hybridized carbons (Fsp3) is 0.333. The molecule has 0 aliphatic rings. The minimum atomic E-state index is -0.586. The number of hydrogen-bond acceptors (Lipinski definition) is 4. The summed E-state index contributed by atoms with van der Waals surface area (Å²) in [6.07, 6.45) is 0.728. The highest BCUT2D eigenvalue weighted by molar-refractivity contribution is 5.88. The van der Waals surface area contributed by atoms with Gasteiger partial charge in [0.15, 0.2) is 6.29 Å². The molecule has 0 spiro atoms. The summed E-state index contributed by atoms with van der Waals surface area (Å²) < 4.78 is 9.55. The Kier molecular flexibility index (Phi) is 4.71. The smallest absolute Gasteiger partial charge is 0.384 e. The summed E-state index contributed by atoms with van der Waals surface area (Å²) in [6, 6.07) is 5.23. The van der Waals surface area contributed by atoms with Gasteiger partial charge in [-0.15, -0.1) is 0 Å². The lowest BCUT2D eigenvalue weighted by Crippen LogP contribution is -2.15. The maximum Gasteiger partial charge on any atom is 0.384 e. The van der Waals surface area contributed by atoms with Crippen LogP contribution in [0.3, 0.4) is 0 Å². The van der Waals surface area contributed by atoms with Gasteiger partial charge in [0.25, 0.3) is 0 Å². The molecule has 0 N–H and O–H groups in total. The van der Waals surface area contributed by atoms with E-state index in [4.69, 9.17) is 4.74 Å². The van der Waals surface area contributed by atoms with Crippen LogP contribution in [0, 0.1) is 11.8 Å². The van der Waals surface area contributed by atoms with Gasteiger partial charge in [0, 0.05) is 5.92 Å². The second kappa shape index (κ2) is 6.05. The maximum atomic E-state index is 11.0. The monoisotopic (exact) mass is 260 g/mol. The van der Waals surface area contributed by atoms with E-state index >= 15 is 0 Å². The van der Waals surface area contributed by atoms with Crippen molar-refractivity contribution < 1.29 is 19.1 Å². The van der Waals surface area contributed by atoms with E-state index in [-0.39, 0.29) is 0 Å². The van der Waals surface area contributed by atoms with Gasteiger partial charge < -0.3 is 9.47 Å². The number of methoxy groups -OCH3 is 2. The molecule has 0 saturated carbocycles. The first-order valence-corrected chi connectivity index (χ1v) is 5.69. The average molecular weight is 260 g/mol. The van der Waals surface area contributed by atoms with Crippen LogP contribution in [-0.2, 0) is 14.9 Å². The molecule has 1 aromatic carbocycles. The van der Waals surface area contributed by atoms with Crippen LogP contribution in [-0.4, -0.2) is 26.5 Å². The lowest BCUT2D eigenvalue weighted by Gasteiger charge is -2.19. The Balaban J connectivity index is 3.17. The van der Waals surface area contributed by atoms with Crippen molar-refractivity contribution in [2.45, 2.75) is 19.3 Å². The van der Waals surface area contributed by atoms with Crippen LogP contribution in [0.1, 0.15) is 29.8 Å². The van der Waals surface area contributed by atoms with Gasteiger partial charge in [-0.1, -0.05) is 12.0 Å². The first kappa shape index (κ1) is 14.8. The predicted molar refractivity (Wildman–Crippen MR) is 71.2 cm³/mol. The van der Waals surface area contributed by atoms with Crippen LogP contribution < -0.4 is 4.74 Å². The minimum absolute atomic E-state index is 0.452. The zero-order valence-corrected chi connectivity index (χ0v) is 11.4. The Bertz CT molecular complexity index is 547. The largest absolute Gasteiger partial charge is 0.496 e. The average Bonchev–Trinajstić information content (AvgIpc) is 2.43. The summed E-state index contributed by atoms with van der Waals surface area (Å²) >= 11 is 0. The molecule has 0 heterocycles. The van der Waals surface area contributed by atoms with E-state index in [9.17, 15) is 9.59 Å². The van der Waals surface area contributed by atoms with Gasteiger partial charge >= 0.3 is 5.97 Å². The molecule has 1 rings (SSSR count). The van der Waals surface area contributed by atoms with Gasteiger partial charge in [0.05, 0.1) is 25.2 Å². The third-order valence-corrected chi connectivity index (χ3v) is 2.74. The molecule has 0 aliphatic heterocycles. The van der Waals surface area contributed by atoms with Crippen LogP contribution in [0.2, 0.25) is 0 Å². The molecule has 4 nitrogen and oxygen atoms in total. The van der Waals surface area contributed by atoms with Crippen LogP contribution in [0.15, 0.2) is 18.2 Å². The zero-order chi connectivity index (χ0) is 14.5. The van der Waals surface area contributed by atoms with Crippen LogP contribution in [0.5, 0.6) is 5.75 Å². The number of aldehydes is 1. The predicted octanol–water partition coefficient (Wildman–Crippen LogP) is 1.96. The molecule has 0 aromatic heterocycles. The summed E-state index contributed by atoms with van der Waals surface area (Å²) in [5.41, 5.74) is 0.706. The lowest BCUT2D eigenvalue weighted by atomic mass is 9.84. The molecule has 1 aromatic rings. The van der Waals surface area contributed by atoms with E-state index in [1.54, 1.807) is 12.1 Å². The van der Waals surface area contributed by atoms with Crippen molar-refractivity contribution in [3.05, 3.63) is 29.3 Å². The van der Waals surface area contributed by atoms with Gasteiger partial charge in [-0.05, 0) is 31.5 Å². The summed E-state index contributed by atoms with van der Waals surface area (Å²) in [6.45, 7) is 3.72. The quantitative estimate of drug-likeness (QED) is 0.361. The Morgan fingerprint density at radius 3 is 2.53 bits per heavy atom. The Morgan fingerprint density at radius 2 is 2.00 bits per heavy atom. The topological polar surface area (TPSA) is 52.6 Å². The van der Waals surface area contributed by atoms with E-state index in [1.807, 2.05) is 19.9 Å². The summed E-state index contributed by atoms with van der Waals surface area (Å²) in [4.78, 5) is 22.0. The molecule has 0 amide bonds. The van der Waals surface area contributed by atoms with E-state index in [0.717, 1.165) is 11.8 Å². The van der Waals surface area contributed by atoms with Gasteiger partial charge in [0.2, 0.25) is 0 Å². The molecule has 0 atom stereocenters. The summed E-state index contributed by atoms with van der Waals surface area (Å²) in [7, 11) is 2.78. The van der Waals surface area contributed by atoms with Crippen molar-refractivity contribution in [2.24, 2.45) is 0 Å². The van der Waals surface area contributed by atoms with Crippen molar-refractivity contribution in [2.75, 3.05) is 14.2 Å². The van der Waals surface area contributed by atoms with Gasteiger partial charge in [0.1, 0.15) is 5.75 Å². The van der Waals surface area contributed by atoms with Crippen molar-refractivity contribution in [3.8, 4) is 17.6 Å². The molecule has 100 valence electrons. The molecule has 19 heavy (non-hydrogen) atoms. The number of rotatable bonds is 3. The second-order valence-electron chi connectivity index (χ2n) is 4.44. The molecule has 0 aliphatic carbocycles. The number of carbonyl (C=O) groups is 2. The molecule has 0 fully saturated rings. The molecule has 0 saturated heterocycles. The fourth-order valence-corrected chi connectivity index (χ4v) is 1.55. The maximum absolute atomic E-state index is 11.0. The first-order chi connectivity index (χ1) is 8.94. The normalized spacial score (nSPS) is 10.1. The summed E-state index contributed by atoms with van der Waals surface area (Å²) in [5.74, 6) is 5.16. The number of hydrogen-bond donors (Lipinski definition) is 0. The molecule has 4 heteroatoms. The highest BCUT2D eigenvalue weighted by atomic mass is 16.5. The molecule has 0 unspecified atom stereocenters. The first-order valence-electron chi connectivity index (χ1n) is 5.69. The lowest BCUT2D eigenvalue weighted by molar-refractivity contribution is -0.133. The Labute approximate surface area is 112 Å². The van der Waals surface area contributed by atoms with E-state index < -0.39 is 11.4 Å². The second-order valence-corrected chi connectivity index (χ2v) is 4.44. The number of esters is 1. The molecule has 0 bridgehead atoms. The minimum Gasteiger partial charge on any atom is -0.496 e. The van der Waals surface area contributed by atoms with E-state index in [0.29, 0.717) is 11.3 Å². The van der Waals surface area contributed by atoms with E-state index in [1.165, 1.54) is 14.2 Å². The van der Waals surface area contributed by atoms with Crippen molar-refractivity contribution in [1.29, 1.82) is 0 Å². The number of carbonyl (C=O) groups excluding carboxylic acids is 2. The number of ether oxygens (including phenoxy) is 2. The summed E-state index contributed by atoms with van der Waals surface area (Å²) in [5, 5.41) is 0. The zero-order valence-electron chi connectivity index (χ0n) is 11.4.